The average molecular weight is 376 g/mol. The summed E-state index contributed by atoms with van der Waals surface area (Å²) in [4.78, 5) is 15.8. The number of dihydropyridines is 1. The lowest BCUT2D eigenvalue weighted by Gasteiger charge is -2.34. The van der Waals surface area contributed by atoms with Gasteiger partial charge in [-0.1, -0.05) is 35.3 Å². The van der Waals surface area contributed by atoms with E-state index in [-0.39, 0.29) is 0 Å². The zero-order chi connectivity index (χ0) is 17.9. The minimum atomic E-state index is -1.06. The Kier molecular flexibility index (Phi) is 4.97. The summed E-state index contributed by atoms with van der Waals surface area (Å²) in [6.07, 6.45) is 6.80. The van der Waals surface area contributed by atoms with Crippen LogP contribution >= 0.6 is 23.2 Å². The molecule has 0 saturated carbocycles. The van der Waals surface area contributed by atoms with E-state index in [9.17, 15) is 4.79 Å². The van der Waals surface area contributed by atoms with Gasteiger partial charge >= 0.3 is 0 Å². The standard InChI is InChI=1S/C18H15Cl2N3O2/c19-14-5-4-12(15(20)9-14)10-18(25-16-3-1-2-7-22-16)11-13(17(21)24)6-8-23-18/h1-9,11,23H,10H2,(H2,21,24). The first-order valence-corrected chi connectivity index (χ1v) is 8.24. The number of hydrogen-bond donors (Lipinski definition) is 2. The number of ether oxygens (including phenoxy) is 1. The fourth-order valence-electron chi connectivity index (χ4n) is 2.51. The van der Waals surface area contributed by atoms with Crippen LogP contribution in [0.3, 0.4) is 0 Å². The predicted molar refractivity (Wildman–Crippen MR) is 97.3 cm³/mol. The zero-order valence-corrected chi connectivity index (χ0v) is 14.6. The number of aromatic nitrogens is 1. The highest BCUT2D eigenvalue weighted by Gasteiger charge is 2.33. The lowest BCUT2D eigenvalue weighted by molar-refractivity contribution is -0.114. The normalized spacial score (nSPS) is 19.0. The third kappa shape index (κ3) is 4.13. The number of carbonyl (C=O) groups excluding carboxylic acids is 1. The van der Waals surface area contributed by atoms with Crippen molar-refractivity contribution in [1.29, 1.82) is 0 Å². The van der Waals surface area contributed by atoms with Gasteiger partial charge in [0.05, 0.1) is 0 Å². The molecule has 5 nitrogen and oxygen atoms in total. The molecule has 128 valence electrons. The van der Waals surface area contributed by atoms with Crippen LogP contribution in [0.1, 0.15) is 5.56 Å². The van der Waals surface area contributed by atoms with Crippen molar-refractivity contribution in [1.82, 2.24) is 10.3 Å². The maximum Gasteiger partial charge on any atom is 0.248 e. The first-order valence-electron chi connectivity index (χ1n) is 7.48. The van der Waals surface area contributed by atoms with Crippen LogP contribution in [0.15, 0.2) is 66.5 Å². The summed E-state index contributed by atoms with van der Waals surface area (Å²) in [5, 5.41) is 4.18. The number of halogens is 2. The molecule has 1 aromatic carbocycles. The summed E-state index contributed by atoms with van der Waals surface area (Å²) < 4.78 is 6.06. The van der Waals surface area contributed by atoms with Crippen molar-refractivity contribution in [3.63, 3.8) is 0 Å². The Morgan fingerprint density at radius 1 is 1.28 bits per heavy atom. The van der Waals surface area contributed by atoms with Gasteiger partial charge in [0.2, 0.25) is 17.5 Å². The molecule has 0 bridgehead atoms. The van der Waals surface area contributed by atoms with E-state index in [1.54, 1.807) is 48.8 Å². The van der Waals surface area contributed by atoms with Gasteiger partial charge < -0.3 is 15.8 Å². The monoisotopic (exact) mass is 375 g/mol. The smallest absolute Gasteiger partial charge is 0.248 e. The van der Waals surface area contributed by atoms with E-state index in [1.165, 1.54) is 0 Å². The van der Waals surface area contributed by atoms with Crippen LogP contribution in [-0.4, -0.2) is 16.6 Å². The molecule has 0 spiro atoms. The number of pyridine rings is 1. The highest BCUT2D eigenvalue weighted by Crippen LogP contribution is 2.29. The third-order valence-corrected chi connectivity index (χ3v) is 4.24. The average Bonchev–Trinajstić information content (AvgIpc) is 2.58. The van der Waals surface area contributed by atoms with Gasteiger partial charge in [0, 0.05) is 40.5 Å². The summed E-state index contributed by atoms with van der Waals surface area (Å²) >= 11 is 12.3. The van der Waals surface area contributed by atoms with Crippen molar-refractivity contribution < 1.29 is 9.53 Å². The van der Waals surface area contributed by atoms with Gasteiger partial charge in [0.15, 0.2) is 0 Å². The minimum absolute atomic E-state index is 0.333. The first kappa shape index (κ1) is 17.3. The second-order valence-corrected chi connectivity index (χ2v) is 6.36. The SMILES string of the molecule is NC(=O)C1=CC(Cc2ccc(Cl)cc2Cl)(Oc2ccccn2)NC=C1. The molecule has 0 aliphatic carbocycles. The largest absolute Gasteiger partial charge is 0.447 e. The fourth-order valence-corrected chi connectivity index (χ4v) is 2.98. The Bertz CT molecular complexity index is 853. The Hall–Kier alpha value is -2.50. The first-order chi connectivity index (χ1) is 12.0. The van der Waals surface area contributed by atoms with Crippen molar-refractivity contribution >= 4 is 29.1 Å². The number of primary amides is 1. The molecule has 1 aromatic heterocycles. The molecule has 7 heteroatoms. The van der Waals surface area contributed by atoms with Crippen molar-refractivity contribution in [2.75, 3.05) is 0 Å². The number of nitrogens with two attached hydrogens (primary N) is 1. The number of carbonyl (C=O) groups is 1. The number of nitrogens with one attached hydrogen (secondary N) is 1. The van der Waals surface area contributed by atoms with Crippen LogP contribution in [0, 0.1) is 0 Å². The van der Waals surface area contributed by atoms with Gasteiger partial charge in [-0.15, -0.1) is 0 Å². The zero-order valence-electron chi connectivity index (χ0n) is 13.1. The van der Waals surface area contributed by atoms with Crippen molar-refractivity contribution in [2.45, 2.75) is 12.1 Å². The molecule has 1 aliphatic rings. The second kappa shape index (κ2) is 7.17. The summed E-state index contributed by atoms with van der Waals surface area (Å²) in [6.45, 7) is 0. The van der Waals surface area contributed by atoms with Crippen LogP contribution in [0.4, 0.5) is 0 Å². The van der Waals surface area contributed by atoms with Gasteiger partial charge in [0.1, 0.15) is 0 Å². The van der Waals surface area contributed by atoms with Gasteiger partial charge in [-0.05, 0) is 35.9 Å². The predicted octanol–water partition coefficient (Wildman–Crippen LogP) is 3.23. The Balaban J connectivity index is 2.00. The van der Waals surface area contributed by atoms with Gasteiger partial charge in [-0.25, -0.2) is 4.98 Å². The fraction of sp³-hybridized carbons (Fsp3) is 0.111. The second-order valence-electron chi connectivity index (χ2n) is 5.51. The van der Waals surface area contributed by atoms with Gasteiger partial charge in [-0.2, -0.15) is 0 Å². The maximum absolute atomic E-state index is 11.6. The molecule has 1 amide bonds. The minimum Gasteiger partial charge on any atom is -0.447 e. The van der Waals surface area contributed by atoms with E-state index >= 15 is 0 Å². The molecule has 1 atom stereocenters. The number of amides is 1. The number of rotatable bonds is 5. The summed E-state index contributed by atoms with van der Waals surface area (Å²) in [5.41, 5.74) is 5.49. The number of nitrogens with zero attached hydrogens (tertiary/aromatic N) is 1. The molecule has 0 radical (unpaired) electrons. The molecule has 3 N–H and O–H groups in total. The number of benzene rings is 1. The highest BCUT2D eigenvalue weighted by molar-refractivity contribution is 6.35. The van der Waals surface area contributed by atoms with E-state index in [4.69, 9.17) is 33.7 Å². The molecule has 1 unspecified atom stereocenters. The Morgan fingerprint density at radius 2 is 2.12 bits per heavy atom. The maximum atomic E-state index is 11.6. The molecule has 0 fully saturated rings. The van der Waals surface area contributed by atoms with Crippen LogP contribution in [0.2, 0.25) is 10.0 Å². The molecular weight excluding hydrogens is 361 g/mol. The van der Waals surface area contributed by atoms with Crippen molar-refractivity contribution in [2.24, 2.45) is 5.73 Å². The highest BCUT2D eigenvalue weighted by atomic mass is 35.5. The summed E-state index contributed by atoms with van der Waals surface area (Å²) in [6, 6.07) is 10.5. The van der Waals surface area contributed by atoms with E-state index in [1.807, 2.05) is 12.1 Å². The Labute approximate surface area is 155 Å². The molecule has 0 saturated heterocycles. The van der Waals surface area contributed by atoms with Crippen LogP contribution < -0.4 is 15.8 Å². The van der Waals surface area contributed by atoms with Crippen LogP contribution in [0.25, 0.3) is 0 Å². The van der Waals surface area contributed by atoms with E-state index in [0.29, 0.717) is 27.9 Å². The lowest BCUT2D eigenvalue weighted by atomic mass is 9.97. The van der Waals surface area contributed by atoms with Crippen LogP contribution in [-0.2, 0) is 11.2 Å². The van der Waals surface area contributed by atoms with Crippen molar-refractivity contribution in [3.05, 3.63) is 82.1 Å². The summed E-state index contributed by atoms with van der Waals surface area (Å²) in [7, 11) is 0. The molecule has 3 rings (SSSR count). The lowest BCUT2D eigenvalue weighted by Crippen LogP contribution is -2.50. The molecule has 2 aromatic rings. The van der Waals surface area contributed by atoms with Gasteiger partial charge in [-0.3, -0.25) is 4.79 Å². The number of hydrogen-bond acceptors (Lipinski definition) is 4. The Morgan fingerprint density at radius 3 is 2.80 bits per heavy atom. The quantitative estimate of drug-likeness (QED) is 0.840. The van der Waals surface area contributed by atoms with E-state index in [2.05, 4.69) is 10.3 Å². The van der Waals surface area contributed by atoms with Crippen molar-refractivity contribution in [3.8, 4) is 5.88 Å². The molecule has 1 aliphatic heterocycles. The third-order valence-electron chi connectivity index (χ3n) is 3.66. The summed E-state index contributed by atoms with van der Waals surface area (Å²) in [5.74, 6) is -0.149. The molecular formula is C18H15Cl2N3O2. The van der Waals surface area contributed by atoms with Gasteiger partial charge in [0.25, 0.3) is 0 Å². The van der Waals surface area contributed by atoms with Crippen LogP contribution in [0.5, 0.6) is 5.88 Å². The topological polar surface area (TPSA) is 77.2 Å². The van der Waals surface area contributed by atoms with E-state index < -0.39 is 11.6 Å². The molecule has 25 heavy (non-hydrogen) atoms. The molecule has 2 heterocycles. The van der Waals surface area contributed by atoms with E-state index in [0.717, 1.165) is 5.56 Å².